The van der Waals surface area contributed by atoms with Crippen molar-refractivity contribution >= 4 is 29.8 Å². The lowest BCUT2D eigenvalue weighted by molar-refractivity contribution is -0.224. The third kappa shape index (κ3) is 9.57. The van der Waals surface area contributed by atoms with Gasteiger partial charge in [0.15, 0.2) is 18.4 Å². The summed E-state index contributed by atoms with van der Waals surface area (Å²) in [6.07, 6.45) is 1.37. The molecule has 0 aromatic heterocycles. The minimum Gasteiger partial charge on any atom is -0.458 e. The number of nitrogens with zero attached hydrogens (tertiary/aromatic N) is 1. The van der Waals surface area contributed by atoms with E-state index in [1.807, 2.05) is 0 Å². The molecule has 3 saturated heterocycles. The number of hydrogen-bond acceptors (Lipinski definition) is 11. The molecule has 13 nitrogen and oxygen atoms in total. The van der Waals surface area contributed by atoms with Gasteiger partial charge in [0.25, 0.3) is 0 Å². The molecule has 53 heavy (non-hydrogen) atoms. The lowest BCUT2D eigenvalue weighted by atomic mass is 9.62. The second-order valence-electron chi connectivity index (χ2n) is 14.1. The van der Waals surface area contributed by atoms with Gasteiger partial charge < -0.3 is 34.7 Å². The number of carbonyl (C=O) groups excluding carboxylic acids is 4. The Bertz CT molecular complexity index is 1480. The highest BCUT2D eigenvalue weighted by Crippen LogP contribution is 2.58. The molecule has 5 rings (SSSR count). The highest BCUT2D eigenvalue weighted by molar-refractivity contribution is 5.94. The van der Waals surface area contributed by atoms with Crippen molar-refractivity contribution in [2.45, 2.75) is 127 Å². The van der Waals surface area contributed by atoms with Gasteiger partial charge in [-0.2, -0.15) is 18.2 Å². The normalized spacial score (nSPS) is 27.4. The average molecular weight is 754 g/mol. The lowest BCUT2D eigenvalue weighted by Gasteiger charge is -2.48. The summed E-state index contributed by atoms with van der Waals surface area (Å²) >= 11 is 0. The number of hydrogen-bond donors (Lipinski definition) is 3. The van der Waals surface area contributed by atoms with Crippen LogP contribution in [0.3, 0.4) is 0 Å². The zero-order valence-corrected chi connectivity index (χ0v) is 30.2. The van der Waals surface area contributed by atoms with Gasteiger partial charge >= 0.3 is 18.1 Å². The average Bonchev–Trinajstić information content (AvgIpc) is 3.67. The van der Waals surface area contributed by atoms with Crippen molar-refractivity contribution in [3.8, 4) is 0 Å². The smallest absolute Gasteiger partial charge is 0.422 e. The van der Waals surface area contributed by atoms with Crippen LogP contribution >= 0.6 is 0 Å². The molecule has 1 aliphatic carbocycles. The van der Waals surface area contributed by atoms with Crippen LogP contribution in [-0.2, 0) is 49.5 Å². The highest BCUT2D eigenvalue weighted by Gasteiger charge is 2.76. The summed E-state index contributed by atoms with van der Waals surface area (Å²) < 4.78 is 61.3. The lowest BCUT2D eigenvalue weighted by Crippen LogP contribution is -2.69. The summed E-state index contributed by atoms with van der Waals surface area (Å²) in [6.45, 7) is 2.34. The molecule has 4 aliphatic rings. The predicted octanol–water partition coefficient (Wildman–Crippen LogP) is 3.86. The maximum Gasteiger partial charge on any atom is 0.422 e. The van der Waals surface area contributed by atoms with Crippen molar-refractivity contribution in [2.75, 3.05) is 26.3 Å². The number of alkyl halides is 3. The number of amides is 2. The second-order valence-corrected chi connectivity index (χ2v) is 14.1. The van der Waals surface area contributed by atoms with Crippen LogP contribution in [0.15, 0.2) is 30.3 Å². The maximum atomic E-state index is 14.4. The minimum absolute atomic E-state index is 0.00385. The van der Waals surface area contributed by atoms with Gasteiger partial charge in [0.05, 0.1) is 13.2 Å². The molecule has 0 radical (unpaired) electrons. The van der Waals surface area contributed by atoms with E-state index in [0.29, 0.717) is 24.0 Å². The largest absolute Gasteiger partial charge is 0.458 e. The molecule has 3 heterocycles. The molecule has 1 saturated carbocycles. The number of rotatable bonds is 19. The Morgan fingerprint density at radius 3 is 2.43 bits per heavy atom. The Morgan fingerprint density at radius 1 is 1.04 bits per heavy atom. The molecule has 2 bridgehead atoms. The first-order valence-electron chi connectivity index (χ1n) is 18.5. The highest BCUT2D eigenvalue weighted by atomic mass is 19.4. The van der Waals surface area contributed by atoms with Gasteiger partial charge in [-0.3, -0.25) is 19.2 Å². The summed E-state index contributed by atoms with van der Waals surface area (Å²) in [5, 5.41) is 15.9. The topological polar surface area (TPSA) is 162 Å². The van der Waals surface area contributed by atoms with Crippen molar-refractivity contribution in [3.63, 3.8) is 0 Å². The van der Waals surface area contributed by atoms with Crippen molar-refractivity contribution in [1.29, 1.82) is 0 Å². The molecule has 3 N–H and O–H groups in total. The van der Waals surface area contributed by atoms with E-state index in [1.165, 1.54) is 11.1 Å². The van der Waals surface area contributed by atoms with E-state index in [0.717, 1.165) is 44.6 Å². The van der Waals surface area contributed by atoms with Gasteiger partial charge in [0.2, 0.25) is 11.8 Å². The number of fused-ring (bicyclic) bond motifs is 4. The van der Waals surface area contributed by atoms with Crippen LogP contribution in [0.5, 0.6) is 0 Å². The molecular weight excluding hydrogens is 703 g/mol. The van der Waals surface area contributed by atoms with Crippen molar-refractivity contribution in [2.24, 2.45) is 5.41 Å². The van der Waals surface area contributed by atoms with Crippen molar-refractivity contribution < 1.29 is 61.2 Å². The van der Waals surface area contributed by atoms with Gasteiger partial charge in [-0.25, -0.2) is 4.79 Å². The second kappa shape index (κ2) is 17.7. The van der Waals surface area contributed by atoms with E-state index in [4.69, 9.17) is 24.2 Å². The van der Waals surface area contributed by atoms with Gasteiger partial charge in [0, 0.05) is 44.8 Å². The number of aliphatic hydroxyl groups excluding tert-OH is 1. The summed E-state index contributed by atoms with van der Waals surface area (Å²) in [7, 11) is 0. The van der Waals surface area contributed by atoms with Crippen LogP contribution in [0.2, 0.25) is 0 Å². The van der Waals surface area contributed by atoms with Crippen molar-refractivity contribution in [1.82, 2.24) is 15.7 Å². The molecule has 2 amide bonds. The fourth-order valence-electron chi connectivity index (χ4n) is 7.78. The number of halogens is 3. The Labute approximate surface area is 306 Å². The molecule has 0 spiro atoms. The van der Waals surface area contributed by atoms with Crippen LogP contribution in [0, 0.1) is 5.41 Å². The third-order valence-corrected chi connectivity index (χ3v) is 10.1. The first kappa shape index (κ1) is 40.6. The number of esters is 2. The van der Waals surface area contributed by atoms with Crippen molar-refractivity contribution in [3.05, 3.63) is 41.5 Å². The van der Waals surface area contributed by atoms with E-state index in [1.54, 1.807) is 24.3 Å². The Balaban J connectivity index is 1.42. The molecule has 2 unspecified atom stereocenters. The van der Waals surface area contributed by atoms with Crippen LogP contribution in [0.1, 0.15) is 89.2 Å². The monoisotopic (exact) mass is 753 g/mol. The Kier molecular flexibility index (Phi) is 13.6. The maximum absolute atomic E-state index is 14.4. The number of aliphatic hydroxyl groups is 1. The molecular formula is C37H50F3N3O10. The first-order valence-corrected chi connectivity index (χ1v) is 18.5. The molecule has 294 valence electrons. The number of nitrogens with one attached hydrogen (secondary N) is 2. The third-order valence-electron chi connectivity index (χ3n) is 10.1. The standard InChI is InChI=1S/C37H50F3N3O10/c1-3-5-7-15-35(16-8-6-4-2)51-29-26-21-36(34(48)42-17-14-27(45)41-18-19-44)31(33(47)50-26)43(53-32(36)30(29)52-35)22-25-11-9-10-24(20-25)12-13-28(46)49-23-37(38,39)40/h9-13,20,26,29-32,44H,3-8,14-19,21-23H2,1-2H3,(H,41,45)(H,42,48)/t26?,29-,30-,31-,32+,36?/m0/s1. The van der Waals surface area contributed by atoms with Crippen LogP contribution in [0.4, 0.5) is 13.2 Å². The van der Waals surface area contributed by atoms with Crippen LogP contribution in [0.25, 0.3) is 6.08 Å². The number of unbranched alkanes of at least 4 members (excludes halogenated alkanes) is 4. The zero-order chi connectivity index (χ0) is 38.2. The molecule has 4 fully saturated rings. The molecule has 1 aromatic rings. The SMILES string of the molecule is CCCCCC1(CCCCC)O[C@@H]2[C@H]3ON(Cc4cccc(C=CC(=O)OCC(F)(F)F)c4)[C@H]4C(=O)OC(CC34C(=O)NCCC(=O)NCCO)[C@@H]2O1. The first-order chi connectivity index (χ1) is 25.3. The summed E-state index contributed by atoms with van der Waals surface area (Å²) in [5.41, 5.74) is -0.388. The minimum atomic E-state index is -4.65. The number of carbonyl (C=O) groups is 4. The van der Waals surface area contributed by atoms with E-state index in [9.17, 15) is 32.3 Å². The number of hydroxylamine groups is 2. The van der Waals surface area contributed by atoms with E-state index in [2.05, 4.69) is 29.2 Å². The van der Waals surface area contributed by atoms with Crippen LogP contribution in [-0.4, -0.2) is 103 Å². The quantitative estimate of drug-likeness (QED) is 0.107. The number of benzene rings is 1. The van der Waals surface area contributed by atoms with E-state index in [-0.39, 0.29) is 45.0 Å². The molecule has 1 aromatic carbocycles. The summed E-state index contributed by atoms with van der Waals surface area (Å²) in [4.78, 5) is 59.1. The summed E-state index contributed by atoms with van der Waals surface area (Å²) in [5.74, 6) is -3.62. The van der Waals surface area contributed by atoms with Crippen LogP contribution < -0.4 is 10.6 Å². The van der Waals surface area contributed by atoms with E-state index < -0.39 is 72.3 Å². The molecule has 16 heteroatoms. The molecule has 3 aliphatic heterocycles. The summed E-state index contributed by atoms with van der Waals surface area (Å²) in [6, 6.07) is 5.52. The Morgan fingerprint density at radius 2 is 1.75 bits per heavy atom. The fourth-order valence-corrected chi connectivity index (χ4v) is 7.78. The van der Waals surface area contributed by atoms with Gasteiger partial charge in [-0.15, -0.1) is 0 Å². The zero-order valence-electron chi connectivity index (χ0n) is 30.2. The molecule has 6 atom stereocenters. The van der Waals surface area contributed by atoms with Gasteiger partial charge in [-0.1, -0.05) is 63.8 Å². The van der Waals surface area contributed by atoms with E-state index >= 15 is 0 Å². The fraction of sp³-hybridized carbons (Fsp3) is 0.676. The predicted molar refractivity (Wildman–Crippen MR) is 182 cm³/mol. The Hall–Kier alpha value is -3.57. The number of ether oxygens (including phenoxy) is 4. The van der Waals surface area contributed by atoms with Gasteiger partial charge in [-0.05, 0) is 30.0 Å². The van der Waals surface area contributed by atoms with Gasteiger partial charge in [0.1, 0.15) is 29.8 Å².